The predicted molar refractivity (Wildman–Crippen MR) is 166 cm³/mol. The first kappa shape index (κ1) is 26.7. The minimum absolute atomic E-state index is 0.0215. The SMILES string of the molecule is CN(C)C(c1cccc(F)c1)C1CCC2(CC1)c1[nH]c3ccccc3c1CCN2C(=O)c1sc2ccccc2c1Cl. The number of fused-ring (bicyclic) bond motifs is 5. The number of amides is 1. The first-order valence-corrected chi connectivity index (χ1v) is 15.6. The highest BCUT2D eigenvalue weighted by Crippen LogP contribution is 2.52. The van der Waals surface area contributed by atoms with Crippen molar-refractivity contribution in [1.29, 1.82) is 0 Å². The molecule has 1 spiro atoms. The molecule has 4 nitrogen and oxygen atoms in total. The summed E-state index contributed by atoms with van der Waals surface area (Å²) in [5.74, 6) is 0.166. The molecule has 1 aliphatic carbocycles. The van der Waals surface area contributed by atoms with Crippen LogP contribution in [0.15, 0.2) is 72.8 Å². The van der Waals surface area contributed by atoms with Gasteiger partial charge in [0.15, 0.2) is 0 Å². The van der Waals surface area contributed by atoms with Crippen LogP contribution in [0.4, 0.5) is 4.39 Å². The van der Waals surface area contributed by atoms with Crippen molar-refractivity contribution in [2.45, 2.75) is 43.7 Å². The number of nitrogens with one attached hydrogen (secondary N) is 1. The average Bonchev–Trinajstić information content (AvgIpc) is 3.53. The fraction of sp³-hybridized carbons (Fsp3) is 0.324. The fourth-order valence-corrected chi connectivity index (χ4v) is 9.10. The number of thiophene rings is 1. The van der Waals surface area contributed by atoms with Crippen LogP contribution in [0.5, 0.6) is 0 Å². The summed E-state index contributed by atoms with van der Waals surface area (Å²) >= 11 is 8.35. The summed E-state index contributed by atoms with van der Waals surface area (Å²) in [7, 11) is 4.16. The highest BCUT2D eigenvalue weighted by Gasteiger charge is 2.50. The van der Waals surface area contributed by atoms with Gasteiger partial charge >= 0.3 is 0 Å². The van der Waals surface area contributed by atoms with Crippen LogP contribution in [0.25, 0.3) is 21.0 Å². The summed E-state index contributed by atoms with van der Waals surface area (Å²) in [5, 5.41) is 2.75. The Labute approximate surface area is 248 Å². The van der Waals surface area contributed by atoms with Gasteiger partial charge in [-0.05, 0) is 87.5 Å². The molecule has 1 aliphatic heterocycles. The molecule has 1 fully saturated rings. The number of carbonyl (C=O) groups excluding carboxylic acids is 1. The molecule has 1 atom stereocenters. The van der Waals surface area contributed by atoms with Gasteiger partial charge in [0.05, 0.1) is 10.6 Å². The maximum absolute atomic E-state index is 14.5. The number of hydrogen-bond acceptors (Lipinski definition) is 3. The number of aromatic amines is 1. The van der Waals surface area contributed by atoms with E-state index in [2.05, 4.69) is 53.1 Å². The van der Waals surface area contributed by atoms with Crippen molar-refractivity contribution in [1.82, 2.24) is 14.8 Å². The quantitative estimate of drug-likeness (QED) is 0.229. The summed E-state index contributed by atoms with van der Waals surface area (Å²) in [6.45, 7) is 0.657. The molecule has 41 heavy (non-hydrogen) atoms. The standard InChI is InChI=1S/C34H33ClFN3OS/c1-38(2)30(22-8-7-9-23(36)20-22)21-14-17-34(18-15-21)32-25(24-10-3-5-12-27(24)37-32)16-19-39(34)33(40)31-29(35)26-11-4-6-13-28(26)41-31/h3-13,20-21,30,37H,14-19H2,1-2H3. The zero-order valence-corrected chi connectivity index (χ0v) is 24.9. The first-order valence-electron chi connectivity index (χ1n) is 14.4. The Hall–Kier alpha value is -3.19. The zero-order chi connectivity index (χ0) is 28.3. The molecule has 2 aliphatic rings. The van der Waals surface area contributed by atoms with E-state index in [1.807, 2.05) is 30.3 Å². The number of carbonyl (C=O) groups is 1. The van der Waals surface area contributed by atoms with E-state index < -0.39 is 5.54 Å². The molecule has 3 heterocycles. The van der Waals surface area contributed by atoms with Crippen LogP contribution in [-0.4, -0.2) is 41.3 Å². The van der Waals surface area contributed by atoms with Gasteiger partial charge in [0.1, 0.15) is 10.7 Å². The summed E-state index contributed by atoms with van der Waals surface area (Å²) in [6, 6.07) is 23.6. The number of nitrogens with zero attached hydrogens (tertiary/aromatic N) is 2. The summed E-state index contributed by atoms with van der Waals surface area (Å²) in [5.41, 5.74) is 4.20. The molecule has 1 amide bonds. The number of para-hydroxylation sites is 1. The Morgan fingerprint density at radius 2 is 1.78 bits per heavy atom. The maximum atomic E-state index is 14.5. The number of rotatable bonds is 4. The van der Waals surface area contributed by atoms with Crippen molar-refractivity contribution in [2.75, 3.05) is 20.6 Å². The average molecular weight is 586 g/mol. The minimum Gasteiger partial charge on any atom is -0.356 e. The number of halogens is 2. The van der Waals surface area contributed by atoms with Gasteiger partial charge in [-0.25, -0.2) is 4.39 Å². The lowest BCUT2D eigenvalue weighted by atomic mass is 9.68. The third kappa shape index (κ3) is 4.30. The van der Waals surface area contributed by atoms with Gasteiger partial charge < -0.3 is 14.8 Å². The van der Waals surface area contributed by atoms with Crippen LogP contribution in [-0.2, 0) is 12.0 Å². The summed E-state index contributed by atoms with van der Waals surface area (Å²) < 4.78 is 15.3. The van der Waals surface area contributed by atoms with Gasteiger partial charge in [-0.2, -0.15) is 0 Å². The number of benzene rings is 3. The van der Waals surface area contributed by atoms with Crippen molar-refractivity contribution in [3.8, 4) is 0 Å². The molecule has 7 heteroatoms. The summed E-state index contributed by atoms with van der Waals surface area (Å²) in [4.78, 5) is 23.2. The van der Waals surface area contributed by atoms with E-state index in [1.54, 1.807) is 12.1 Å². The fourth-order valence-electron chi connectivity index (χ4n) is 7.64. The second kappa shape index (κ2) is 10.3. The van der Waals surface area contributed by atoms with E-state index in [1.165, 1.54) is 34.0 Å². The smallest absolute Gasteiger partial charge is 0.266 e. The van der Waals surface area contributed by atoms with Crippen LogP contribution >= 0.6 is 22.9 Å². The molecule has 7 rings (SSSR count). The Bertz CT molecular complexity index is 1770. The number of hydrogen-bond donors (Lipinski definition) is 1. The molecule has 0 bridgehead atoms. The van der Waals surface area contributed by atoms with Gasteiger partial charge in [-0.1, -0.05) is 60.1 Å². The minimum atomic E-state index is -0.446. The van der Waals surface area contributed by atoms with Gasteiger partial charge in [0.2, 0.25) is 0 Å². The Morgan fingerprint density at radius 1 is 1.05 bits per heavy atom. The molecular weight excluding hydrogens is 553 g/mol. The van der Waals surface area contributed by atoms with E-state index >= 15 is 0 Å². The van der Waals surface area contributed by atoms with Crippen LogP contribution in [0.2, 0.25) is 5.02 Å². The van der Waals surface area contributed by atoms with Crippen LogP contribution < -0.4 is 0 Å². The topological polar surface area (TPSA) is 39.3 Å². The molecule has 0 saturated heterocycles. The Kier molecular flexibility index (Phi) is 6.68. The third-order valence-corrected chi connectivity index (χ3v) is 11.1. The second-order valence-corrected chi connectivity index (χ2v) is 13.2. The molecule has 1 saturated carbocycles. The van der Waals surface area contributed by atoms with Crippen molar-refractivity contribution >= 4 is 49.8 Å². The number of aromatic nitrogens is 1. The third-order valence-electron chi connectivity index (χ3n) is 9.41. The van der Waals surface area contributed by atoms with E-state index in [0.717, 1.165) is 53.3 Å². The van der Waals surface area contributed by atoms with E-state index in [-0.39, 0.29) is 17.8 Å². The normalized spacial score (nSPS) is 21.6. The predicted octanol–water partition coefficient (Wildman–Crippen LogP) is 8.56. The van der Waals surface area contributed by atoms with Crippen LogP contribution in [0.3, 0.4) is 0 Å². The molecule has 1 N–H and O–H groups in total. The van der Waals surface area contributed by atoms with Crippen LogP contribution in [0, 0.1) is 11.7 Å². The molecule has 5 aromatic rings. The van der Waals surface area contributed by atoms with Crippen molar-refractivity contribution in [2.24, 2.45) is 5.92 Å². The lowest BCUT2D eigenvalue weighted by molar-refractivity contribution is 0.00949. The van der Waals surface area contributed by atoms with Crippen LogP contribution in [0.1, 0.15) is 58.2 Å². The first-order chi connectivity index (χ1) is 19.9. The van der Waals surface area contributed by atoms with E-state index in [4.69, 9.17) is 11.6 Å². The van der Waals surface area contributed by atoms with Crippen molar-refractivity contribution < 1.29 is 9.18 Å². The van der Waals surface area contributed by atoms with E-state index in [0.29, 0.717) is 22.4 Å². The molecule has 210 valence electrons. The molecular formula is C34H33ClFN3OS. The lowest BCUT2D eigenvalue weighted by Crippen LogP contribution is -2.55. The van der Waals surface area contributed by atoms with Gasteiger partial charge in [0, 0.05) is 39.3 Å². The molecule has 2 aromatic heterocycles. The lowest BCUT2D eigenvalue weighted by Gasteiger charge is -2.51. The Morgan fingerprint density at radius 3 is 2.51 bits per heavy atom. The zero-order valence-electron chi connectivity index (χ0n) is 23.3. The second-order valence-electron chi connectivity index (χ2n) is 11.8. The van der Waals surface area contributed by atoms with Crippen molar-refractivity contribution in [3.05, 3.63) is 105 Å². The Balaban J connectivity index is 1.30. The van der Waals surface area contributed by atoms with Crippen molar-refractivity contribution in [3.63, 3.8) is 0 Å². The molecule has 0 radical (unpaired) electrons. The van der Waals surface area contributed by atoms with Gasteiger partial charge in [-0.15, -0.1) is 11.3 Å². The highest BCUT2D eigenvalue weighted by molar-refractivity contribution is 7.21. The van der Waals surface area contributed by atoms with Gasteiger partial charge in [-0.3, -0.25) is 4.79 Å². The highest BCUT2D eigenvalue weighted by atomic mass is 35.5. The number of H-pyrrole nitrogens is 1. The van der Waals surface area contributed by atoms with E-state index in [9.17, 15) is 9.18 Å². The maximum Gasteiger partial charge on any atom is 0.266 e. The summed E-state index contributed by atoms with van der Waals surface area (Å²) in [6.07, 6.45) is 4.34. The molecule has 1 unspecified atom stereocenters. The van der Waals surface area contributed by atoms with Gasteiger partial charge in [0.25, 0.3) is 5.91 Å². The molecule has 3 aromatic carbocycles. The monoisotopic (exact) mass is 585 g/mol. The largest absolute Gasteiger partial charge is 0.356 e.